The summed E-state index contributed by atoms with van der Waals surface area (Å²) in [5.74, 6) is -0.497. The fraction of sp³-hybridized carbons (Fsp3) is 0.846. The number of hydrogen-bond donors (Lipinski definition) is 2. The lowest BCUT2D eigenvalue weighted by molar-refractivity contribution is -0.870. The van der Waals surface area contributed by atoms with E-state index in [1.54, 1.807) is 0 Å². The Morgan fingerprint density at radius 3 is 1.24 bits per heavy atom. The van der Waals surface area contributed by atoms with Crippen LogP contribution in [-0.2, 0) is 27.9 Å². The quantitative estimate of drug-likeness (QED) is 0.0205. The SMILES string of the molecule is CCCCC/C=C\C/C=C\C/C=C\CCCCCCCCCCCCCCC(=O)OC(/C=C\CCCCCCCCCCCCC)C(COP(=O)(O)OCC[N+](C)(C)C)NC(=O)CCCCCCCCCCCCC. The van der Waals surface area contributed by atoms with Crippen LogP contribution < -0.4 is 5.32 Å². The molecule has 10 heteroatoms. The molecule has 0 aliphatic carbocycles. The Hall–Kier alpha value is -2.03. The average molecular weight is 1080 g/mol. The monoisotopic (exact) mass is 1080 g/mol. The summed E-state index contributed by atoms with van der Waals surface area (Å²) < 4.78 is 30.7. The first-order valence-electron chi connectivity index (χ1n) is 32.0. The number of unbranched alkanes of at least 4 members (excludes halogenated alkanes) is 36. The van der Waals surface area contributed by atoms with Crippen molar-refractivity contribution in [2.45, 2.75) is 315 Å². The number of rotatable bonds is 58. The number of carbonyl (C=O) groups excluding carboxylic acids is 2. The van der Waals surface area contributed by atoms with Crippen LogP contribution >= 0.6 is 7.82 Å². The third-order valence-electron chi connectivity index (χ3n) is 14.3. The first-order chi connectivity index (χ1) is 36.4. The van der Waals surface area contributed by atoms with E-state index in [4.69, 9.17) is 13.8 Å². The van der Waals surface area contributed by atoms with Crippen molar-refractivity contribution in [1.82, 2.24) is 5.32 Å². The van der Waals surface area contributed by atoms with Crippen molar-refractivity contribution in [3.8, 4) is 0 Å². The molecule has 0 fully saturated rings. The predicted octanol–water partition coefficient (Wildman–Crippen LogP) is 19.7. The van der Waals surface area contributed by atoms with Crippen LogP contribution in [0.4, 0.5) is 0 Å². The summed E-state index contributed by atoms with van der Waals surface area (Å²) in [6.45, 7) is 7.00. The van der Waals surface area contributed by atoms with Crippen molar-refractivity contribution < 1.29 is 37.3 Å². The Morgan fingerprint density at radius 2 is 0.813 bits per heavy atom. The van der Waals surface area contributed by atoms with Crippen LogP contribution in [0.15, 0.2) is 48.6 Å². The molecule has 0 aromatic heterocycles. The van der Waals surface area contributed by atoms with Crippen molar-refractivity contribution in [3.05, 3.63) is 48.6 Å². The third-order valence-corrected chi connectivity index (χ3v) is 15.3. The van der Waals surface area contributed by atoms with Crippen molar-refractivity contribution in [2.24, 2.45) is 0 Å². The number of allylic oxidation sites excluding steroid dienone is 7. The fourth-order valence-corrected chi connectivity index (χ4v) is 10.0. The standard InChI is InChI=1S/C65H123N2O7P/c1-7-10-13-16-19-22-25-27-28-29-30-31-32-33-34-35-36-37-38-40-43-46-49-52-55-58-65(69)74-63(56-53-50-47-44-42-39-26-23-20-17-14-11-8-2)62(61-73-75(70,71)72-60-59-67(4,5)6)66-64(68)57-54-51-48-45-41-24-21-18-15-12-9-3/h19,22,27-28,30-31,53,56,62-63H,7-18,20-21,23-26,29,32-52,54-55,57-61H2,1-6H3,(H-,66,68,70,71)/p+1/b22-19-,28-27-,31-30-,56-53-. The van der Waals surface area contributed by atoms with Crippen LogP contribution in [0.5, 0.6) is 0 Å². The van der Waals surface area contributed by atoms with Crippen molar-refractivity contribution in [2.75, 3.05) is 40.9 Å². The minimum absolute atomic E-state index is 0.0416. The molecule has 0 saturated carbocycles. The molecule has 0 bridgehead atoms. The van der Waals surface area contributed by atoms with Crippen molar-refractivity contribution in [3.63, 3.8) is 0 Å². The Balaban J connectivity index is 5.08. The van der Waals surface area contributed by atoms with Gasteiger partial charge in [-0.3, -0.25) is 18.6 Å². The van der Waals surface area contributed by atoms with Gasteiger partial charge in [0.25, 0.3) is 0 Å². The molecular formula is C65H124N2O7P+. The number of ether oxygens (including phenoxy) is 1. The molecule has 0 aromatic rings. The van der Waals surface area contributed by atoms with Gasteiger partial charge in [0, 0.05) is 12.8 Å². The van der Waals surface area contributed by atoms with E-state index < -0.39 is 20.0 Å². The minimum atomic E-state index is -4.44. The zero-order valence-corrected chi connectivity index (χ0v) is 51.2. The topological polar surface area (TPSA) is 111 Å². The summed E-state index contributed by atoms with van der Waals surface area (Å²) in [5.41, 5.74) is 0. The van der Waals surface area contributed by atoms with Gasteiger partial charge in [-0.25, -0.2) is 4.57 Å². The molecular weight excluding hydrogens is 952 g/mol. The number of nitrogens with one attached hydrogen (secondary N) is 1. The van der Waals surface area contributed by atoms with E-state index >= 15 is 0 Å². The largest absolute Gasteiger partial charge is 0.472 e. The van der Waals surface area contributed by atoms with Crippen molar-refractivity contribution in [1.29, 1.82) is 0 Å². The smallest absolute Gasteiger partial charge is 0.456 e. The molecule has 75 heavy (non-hydrogen) atoms. The lowest BCUT2D eigenvalue weighted by Gasteiger charge is -2.27. The number of phosphoric ester groups is 1. The lowest BCUT2D eigenvalue weighted by atomic mass is 10.0. The van der Waals surface area contributed by atoms with Gasteiger partial charge in [0.15, 0.2) is 0 Å². The van der Waals surface area contributed by atoms with Crippen LogP contribution in [0.3, 0.4) is 0 Å². The summed E-state index contributed by atoms with van der Waals surface area (Å²) in [6.07, 6.45) is 68.2. The highest BCUT2D eigenvalue weighted by molar-refractivity contribution is 7.47. The fourth-order valence-electron chi connectivity index (χ4n) is 9.30. The third kappa shape index (κ3) is 56.5. The maximum absolute atomic E-state index is 13.5. The van der Waals surface area contributed by atoms with Crippen LogP contribution in [-0.4, -0.2) is 74.3 Å². The Morgan fingerprint density at radius 1 is 0.467 bits per heavy atom. The number of carbonyl (C=O) groups is 2. The van der Waals surface area contributed by atoms with Gasteiger partial charge >= 0.3 is 13.8 Å². The number of phosphoric acid groups is 1. The molecule has 0 aliphatic heterocycles. The second-order valence-corrected chi connectivity index (χ2v) is 24.4. The minimum Gasteiger partial charge on any atom is -0.456 e. The summed E-state index contributed by atoms with van der Waals surface area (Å²) in [4.78, 5) is 37.7. The molecule has 0 heterocycles. The van der Waals surface area contributed by atoms with E-state index in [1.807, 2.05) is 33.3 Å². The molecule has 440 valence electrons. The van der Waals surface area contributed by atoms with Gasteiger partial charge < -0.3 is 19.4 Å². The highest BCUT2D eigenvalue weighted by Crippen LogP contribution is 2.43. The van der Waals surface area contributed by atoms with Gasteiger partial charge in [0.05, 0.1) is 33.8 Å². The summed E-state index contributed by atoms with van der Waals surface area (Å²) >= 11 is 0. The van der Waals surface area contributed by atoms with Gasteiger partial charge in [-0.2, -0.15) is 0 Å². The molecule has 9 nitrogen and oxygen atoms in total. The normalized spacial score (nSPS) is 14.0. The van der Waals surface area contributed by atoms with E-state index in [9.17, 15) is 19.0 Å². The number of likely N-dealkylation sites (N-methyl/N-ethyl adjacent to an activating group) is 1. The zero-order valence-electron chi connectivity index (χ0n) is 50.3. The van der Waals surface area contributed by atoms with E-state index in [2.05, 4.69) is 62.5 Å². The van der Waals surface area contributed by atoms with Crippen LogP contribution in [0.25, 0.3) is 0 Å². The predicted molar refractivity (Wildman–Crippen MR) is 323 cm³/mol. The molecule has 0 rings (SSSR count). The molecule has 2 N–H and O–H groups in total. The van der Waals surface area contributed by atoms with Gasteiger partial charge in [-0.05, 0) is 70.3 Å². The summed E-state index contributed by atoms with van der Waals surface area (Å²) in [6, 6.07) is -0.845. The van der Waals surface area contributed by atoms with E-state index in [-0.39, 0.29) is 25.1 Å². The first-order valence-corrected chi connectivity index (χ1v) is 33.5. The van der Waals surface area contributed by atoms with E-state index in [1.165, 1.54) is 199 Å². The molecule has 0 spiro atoms. The Labute approximate surface area is 465 Å². The molecule has 3 atom stereocenters. The maximum atomic E-state index is 13.5. The molecule has 0 aliphatic rings. The number of esters is 1. The van der Waals surface area contributed by atoms with Gasteiger partial charge in [-0.1, -0.05) is 269 Å². The average Bonchev–Trinajstić information content (AvgIpc) is 3.37. The van der Waals surface area contributed by atoms with E-state index in [0.717, 1.165) is 70.6 Å². The van der Waals surface area contributed by atoms with Gasteiger partial charge in [0.2, 0.25) is 5.91 Å². The number of nitrogens with zero attached hydrogens (tertiary/aromatic N) is 1. The molecule has 0 radical (unpaired) electrons. The lowest BCUT2D eigenvalue weighted by Crippen LogP contribution is -2.47. The second kappa shape index (κ2) is 55.3. The number of amides is 1. The molecule has 0 saturated heterocycles. The zero-order chi connectivity index (χ0) is 55.0. The Bertz CT molecular complexity index is 1420. The van der Waals surface area contributed by atoms with Gasteiger partial charge in [0.1, 0.15) is 19.3 Å². The maximum Gasteiger partial charge on any atom is 0.472 e. The molecule has 0 aromatic carbocycles. The second-order valence-electron chi connectivity index (χ2n) is 22.9. The highest BCUT2D eigenvalue weighted by Gasteiger charge is 2.30. The number of hydrogen-bond acceptors (Lipinski definition) is 6. The molecule has 3 unspecified atom stereocenters. The van der Waals surface area contributed by atoms with Crippen molar-refractivity contribution >= 4 is 19.7 Å². The number of quaternary nitrogens is 1. The summed E-state index contributed by atoms with van der Waals surface area (Å²) in [7, 11) is 1.50. The van der Waals surface area contributed by atoms with Crippen LogP contribution in [0.2, 0.25) is 0 Å². The van der Waals surface area contributed by atoms with Crippen LogP contribution in [0, 0.1) is 0 Å². The highest BCUT2D eigenvalue weighted by atomic mass is 31.2. The first kappa shape index (κ1) is 73.0. The van der Waals surface area contributed by atoms with Gasteiger partial charge in [-0.15, -0.1) is 0 Å². The van der Waals surface area contributed by atoms with E-state index in [0.29, 0.717) is 23.9 Å². The summed E-state index contributed by atoms with van der Waals surface area (Å²) in [5, 5.41) is 3.05. The Kier molecular flexibility index (Phi) is 53.8. The molecule has 1 amide bonds. The van der Waals surface area contributed by atoms with Crippen LogP contribution in [0.1, 0.15) is 303 Å².